The molecule has 1 amide bonds. The van der Waals surface area contributed by atoms with Gasteiger partial charge < -0.3 is 25.8 Å². The third kappa shape index (κ3) is 4.77. The van der Waals surface area contributed by atoms with Gasteiger partial charge in [-0.2, -0.15) is 9.37 Å². The number of amides is 1. The first-order valence-corrected chi connectivity index (χ1v) is 12.1. The van der Waals surface area contributed by atoms with Crippen LogP contribution in [0.1, 0.15) is 44.6 Å². The highest BCUT2D eigenvalue weighted by Gasteiger charge is 2.30. The van der Waals surface area contributed by atoms with Gasteiger partial charge in [0.1, 0.15) is 5.52 Å². The summed E-state index contributed by atoms with van der Waals surface area (Å²) in [5, 5.41) is 6.30. The van der Waals surface area contributed by atoms with Gasteiger partial charge in [0.15, 0.2) is 17.2 Å². The van der Waals surface area contributed by atoms with E-state index in [2.05, 4.69) is 20.6 Å². The van der Waals surface area contributed by atoms with Crippen molar-refractivity contribution >= 4 is 34.7 Å². The van der Waals surface area contributed by atoms with Crippen molar-refractivity contribution in [2.45, 2.75) is 50.6 Å². The topological polar surface area (TPSA) is 129 Å². The van der Waals surface area contributed by atoms with E-state index in [0.717, 1.165) is 12.8 Å². The normalized spacial score (nSPS) is 20.9. The number of hydrogen-bond acceptors (Lipinski definition) is 8. The van der Waals surface area contributed by atoms with Crippen molar-refractivity contribution < 1.29 is 23.0 Å². The van der Waals surface area contributed by atoms with Gasteiger partial charge in [0.05, 0.1) is 19.0 Å². The van der Waals surface area contributed by atoms with Crippen LogP contribution in [-0.2, 0) is 9.53 Å². The van der Waals surface area contributed by atoms with Gasteiger partial charge in [-0.25, -0.2) is 14.4 Å². The number of fused-ring (bicyclic) bond motifs is 1. The van der Waals surface area contributed by atoms with Crippen LogP contribution < -0.4 is 21.1 Å². The lowest BCUT2D eigenvalue weighted by Crippen LogP contribution is -2.29. The summed E-state index contributed by atoms with van der Waals surface area (Å²) < 4.78 is 41.3. The summed E-state index contributed by atoms with van der Waals surface area (Å²) in [7, 11) is 1.28. The highest BCUT2D eigenvalue weighted by atomic mass is 19.2. The molecule has 3 heterocycles. The van der Waals surface area contributed by atoms with Crippen LogP contribution in [0, 0.1) is 17.6 Å². The first-order valence-electron chi connectivity index (χ1n) is 12.1. The minimum absolute atomic E-state index is 0.0647. The number of nitrogens with two attached hydrogens (primary N) is 1. The molecule has 2 aromatic heterocycles. The molecule has 2 aliphatic rings. The SMILES string of the molecule is COc1ccc(Nc2nc3cnc(NC4CCOCC4)nc3n2[C@H]2CC[C@@H](C(N)=O)CC2)c(F)c1F. The maximum absolute atomic E-state index is 14.8. The lowest BCUT2D eigenvalue weighted by atomic mass is 9.85. The Morgan fingerprint density at radius 3 is 2.56 bits per heavy atom. The molecule has 10 nitrogen and oxygen atoms in total. The number of primary amides is 1. The molecule has 1 aromatic carbocycles. The lowest BCUT2D eigenvalue weighted by Gasteiger charge is -2.29. The molecule has 2 fully saturated rings. The molecule has 36 heavy (non-hydrogen) atoms. The van der Waals surface area contributed by atoms with Crippen molar-refractivity contribution in [3.63, 3.8) is 0 Å². The Kier molecular flexibility index (Phi) is 6.86. The summed E-state index contributed by atoms with van der Waals surface area (Å²) in [6.45, 7) is 1.36. The zero-order valence-electron chi connectivity index (χ0n) is 20.0. The fraction of sp³-hybridized carbons (Fsp3) is 0.500. The van der Waals surface area contributed by atoms with E-state index < -0.39 is 11.6 Å². The van der Waals surface area contributed by atoms with Crippen LogP contribution in [-0.4, -0.2) is 51.8 Å². The number of hydrogen-bond donors (Lipinski definition) is 3. The number of aromatic nitrogens is 4. The average molecular weight is 502 g/mol. The van der Waals surface area contributed by atoms with Crippen LogP contribution >= 0.6 is 0 Å². The van der Waals surface area contributed by atoms with Crippen LogP contribution in [0.25, 0.3) is 11.2 Å². The van der Waals surface area contributed by atoms with E-state index in [4.69, 9.17) is 20.2 Å². The van der Waals surface area contributed by atoms with E-state index >= 15 is 0 Å². The molecular weight excluding hydrogens is 472 g/mol. The molecule has 4 N–H and O–H groups in total. The fourth-order valence-corrected chi connectivity index (χ4v) is 4.94. The predicted molar refractivity (Wildman–Crippen MR) is 129 cm³/mol. The molecule has 1 aliphatic carbocycles. The smallest absolute Gasteiger partial charge is 0.224 e. The molecule has 1 saturated carbocycles. The summed E-state index contributed by atoms with van der Waals surface area (Å²) in [5.74, 6) is -2.05. The van der Waals surface area contributed by atoms with E-state index in [1.165, 1.54) is 19.2 Å². The standard InChI is InChI=1S/C24H29F2N7O3/c1-35-18-7-6-16(19(25)20(18)26)30-24-31-17-12-28-23(29-14-8-10-36-11-9-14)32-22(17)33(24)15-4-2-13(3-5-15)21(27)34/h6-7,12-15H,2-5,8-11H2,1H3,(H2,27,34)(H,30,31)(H,28,29,32)/t13-,15+. The van der Waals surface area contributed by atoms with Gasteiger partial charge in [0.2, 0.25) is 23.6 Å². The van der Waals surface area contributed by atoms with Crippen LogP contribution in [0.15, 0.2) is 18.3 Å². The van der Waals surface area contributed by atoms with Crippen molar-refractivity contribution in [3.8, 4) is 5.75 Å². The van der Waals surface area contributed by atoms with E-state index in [9.17, 15) is 13.6 Å². The Morgan fingerprint density at radius 2 is 1.86 bits per heavy atom. The Morgan fingerprint density at radius 1 is 1.11 bits per heavy atom. The molecule has 1 aliphatic heterocycles. The molecule has 0 unspecified atom stereocenters. The summed E-state index contributed by atoms with van der Waals surface area (Å²) in [4.78, 5) is 25.5. The number of nitrogens with zero attached hydrogens (tertiary/aromatic N) is 4. The number of imidazole rings is 1. The fourth-order valence-electron chi connectivity index (χ4n) is 4.94. The van der Waals surface area contributed by atoms with Gasteiger partial charge in [-0.05, 0) is 50.7 Å². The Balaban J connectivity index is 1.51. The monoisotopic (exact) mass is 501 g/mol. The van der Waals surface area contributed by atoms with Gasteiger partial charge in [-0.15, -0.1) is 0 Å². The Hall–Kier alpha value is -3.54. The molecule has 0 atom stereocenters. The molecule has 192 valence electrons. The lowest BCUT2D eigenvalue weighted by molar-refractivity contribution is -0.122. The third-order valence-corrected chi connectivity index (χ3v) is 6.96. The molecule has 0 bridgehead atoms. The maximum atomic E-state index is 14.8. The number of benzene rings is 1. The van der Waals surface area contributed by atoms with E-state index in [-0.39, 0.29) is 35.3 Å². The van der Waals surface area contributed by atoms with E-state index in [1.807, 2.05) is 4.57 Å². The summed E-state index contributed by atoms with van der Waals surface area (Å²) >= 11 is 0. The predicted octanol–water partition coefficient (Wildman–Crippen LogP) is 3.66. The van der Waals surface area contributed by atoms with Crippen LogP contribution in [0.3, 0.4) is 0 Å². The van der Waals surface area contributed by atoms with Crippen molar-refractivity contribution in [2.75, 3.05) is 31.0 Å². The molecule has 1 saturated heterocycles. The van der Waals surface area contributed by atoms with Crippen LogP contribution in [0.2, 0.25) is 0 Å². The van der Waals surface area contributed by atoms with Crippen LogP contribution in [0.5, 0.6) is 5.75 Å². The first-order chi connectivity index (χ1) is 17.4. The Bertz CT molecular complexity index is 1250. The van der Waals surface area contributed by atoms with Crippen molar-refractivity contribution in [1.82, 2.24) is 19.5 Å². The van der Waals surface area contributed by atoms with Gasteiger partial charge in [0, 0.05) is 31.2 Å². The summed E-state index contributed by atoms with van der Waals surface area (Å²) in [6, 6.07) is 2.88. The molecule has 3 aromatic rings. The number of methoxy groups -OCH3 is 1. The molecule has 0 spiro atoms. The molecule has 12 heteroatoms. The molecular formula is C24H29F2N7O3. The average Bonchev–Trinajstić information content (AvgIpc) is 3.24. The van der Waals surface area contributed by atoms with Crippen LogP contribution in [0.4, 0.5) is 26.4 Å². The zero-order chi connectivity index (χ0) is 25.2. The number of carbonyl (C=O) groups excluding carboxylic acids is 1. The second-order valence-electron chi connectivity index (χ2n) is 9.22. The third-order valence-electron chi connectivity index (χ3n) is 6.96. The van der Waals surface area contributed by atoms with Gasteiger partial charge in [0.25, 0.3) is 0 Å². The van der Waals surface area contributed by atoms with Crippen molar-refractivity contribution in [3.05, 3.63) is 30.0 Å². The summed E-state index contributed by atoms with van der Waals surface area (Å²) in [6.07, 6.45) is 5.91. The maximum Gasteiger partial charge on any atom is 0.224 e. The van der Waals surface area contributed by atoms with Crippen molar-refractivity contribution in [1.29, 1.82) is 0 Å². The van der Waals surface area contributed by atoms with E-state index in [1.54, 1.807) is 6.20 Å². The first kappa shape index (κ1) is 24.2. The number of ether oxygens (including phenoxy) is 2. The number of nitrogens with one attached hydrogen (secondary N) is 2. The second kappa shape index (κ2) is 10.2. The highest BCUT2D eigenvalue weighted by molar-refractivity contribution is 5.78. The Labute approximate surface area is 206 Å². The highest BCUT2D eigenvalue weighted by Crippen LogP contribution is 2.37. The van der Waals surface area contributed by atoms with E-state index in [0.29, 0.717) is 62.0 Å². The molecule has 5 rings (SSSR count). The summed E-state index contributed by atoms with van der Waals surface area (Å²) in [5.41, 5.74) is 6.53. The molecule has 0 radical (unpaired) electrons. The van der Waals surface area contributed by atoms with Gasteiger partial charge in [-0.3, -0.25) is 9.36 Å². The number of rotatable bonds is 7. The zero-order valence-corrected chi connectivity index (χ0v) is 20.0. The van der Waals surface area contributed by atoms with Gasteiger partial charge in [-0.1, -0.05) is 0 Å². The second-order valence-corrected chi connectivity index (χ2v) is 9.22. The number of anilines is 3. The van der Waals surface area contributed by atoms with Crippen molar-refractivity contribution in [2.24, 2.45) is 11.7 Å². The van der Waals surface area contributed by atoms with Gasteiger partial charge >= 0.3 is 0 Å². The number of halogens is 2. The number of carbonyl (C=O) groups is 1. The largest absolute Gasteiger partial charge is 0.494 e. The quantitative estimate of drug-likeness (QED) is 0.447. The minimum atomic E-state index is -1.09. The minimum Gasteiger partial charge on any atom is -0.494 e.